The lowest BCUT2D eigenvalue weighted by Gasteiger charge is -2.33. The van der Waals surface area contributed by atoms with Crippen molar-refractivity contribution < 1.29 is 18.4 Å². The Labute approximate surface area is 204 Å². The topological polar surface area (TPSA) is 38.7 Å². The summed E-state index contributed by atoms with van der Waals surface area (Å²) in [5.74, 6) is -1.23. The average Bonchev–Trinajstić information content (AvgIpc) is 3.13. The number of carbonyl (C=O) groups excluding carboxylic acids is 1. The molecule has 178 valence electrons. The van der Waals surface area contributed by atoms with Gasteiger partial charge in [0.25, 0.3) is 5.92 Å². The quantitative estimate of drug-likeness (QED) is 0.400. The van der Waals surface area contributed by atoms with Gasteiger partial charge in [0.05, 0.1) is 5.71 Å². The zero-order valence-electron chi connectivity index (χ0n) is 19.5. The lowest BCUT2D eigenvalue weighted by molar-refractivity contribution is -0.193. The Kier molecular flexibility index (Phi) is 7.55. The van der Waals surface area contributed by atoms with Crippen LogP contribution in [0.5, 0.6) is 0 Å². The standard InChI is InChI=1S/C20H17Cl2F2NO2.C6H12/c1-11-6-13(4-5-17(11)12(2)26)18-10-20(27-25-18,19(3,23)24)14-7-15(21)9-16(22)8-14;1-5-3-6(2)4-5/h4-9H,10H2,1-3H3;5-6H,3-4H2,1-2H3. The van der Waals surface area contributed by atoms with Gasteiger partial charge in [-0.2, -0.15) is 0 Å². The fourth-order valence-corrected chi connectivity index (χ4v) is 5.09. The number of carbonyl (C=O) groups is 1. The molecule has 7 heteroatoms. The Hall–Kier alpha value is -1.98. The molecule has 1 heterocycles. The van der Waals surface area contributed by atoms with Gasteiger partial charge in [-0.1, -0.05) is 54.3 Å². The van der Waals surface area contributed by atoms with Crippen LogP contribution in [0.15, 0.2) is 41.6 Å². The molecular weight excluding hydrogens is 467 g/mol. The average molecular weight is 496 g/mol. The molecule has 0 radical (unpaired) electrons. The van der Waals surface area contributed by atoms with Crippen LogP contribution < -0.4 is 0 Å². The van der Waals surface area contributed by atoms with Crippen LogP contribution in [0.2, 0.25) is 10.0 Å². The normalized spacial score (nSPS) is 24.2. The minimum atomic E-state index is -3.25. The van der Waals surface area contributed by atoms with E-state index in [2.05, 4.69) is 19.0 Å². The third-order valence-corrected chi connectivity index (χ3v) is 6.75. The molecule has 1 aliphatic heterocycles. The Morgan fingerprint density at radius 2 is 1.67 bits per heavy atom. The molecule has 1 saturated carbocycles. The van der Waals surface area contributed by atoms with Crippen LogP contribution in [0.25, 0.3) is 0 Å². The molecule has 2 aliphatic rings. The van der Waals surface area contributed by atoms with Gasteiger partial charge in [0, 0.05) is 34.5 Å². The predicted octanol–water partition coefficient (Wildman–Crippen LogP) is 8.23. The van der Waals surface area contributed by atoms with E-state index in [1.807, 2.05) is 0 Å². The third-order valence-electron chi connectivity index (χ3n) is 6.31. The fraction of sp³-hybridized carbons (Fsp3) is 0.462. The Bertz CT molecular complexity index is 1050. The van der Waals surface area contributed by atoms with Crippen LogP contribution in [0.1, 0.15) is 74.0 Å². The molecule has 0 N–H and O–H groups in total. The van der Waals surface area contributed by atoms with Gasteiger partial charge in [0.1, 0.15) is 0 Å². The second-order valence-electron chi connectivity index (χ2n) is 9.45. The Morgan fingerprint density at radius 1 is 1.09 bits per heavy atom. The van der Waals surface area contributed by atoms with E-state index in [9.17, 15) is 13.6 Å². The molecular formula is C26H29Cl2F2NO2. The van der Waals surface area contributed by atoms with E-state index in [4.69, 9.17) is 28.0 Å². The first kappa shape index (κ1) is 25.6. The first-order valence-electron chi connectivity index (χ1n) is 11.0. The van der Waals surface area contributed by atoms with Gasteiger partial charge in [-0.25, -0.2) is 8.78 Å². The molecule has 0 bridgehead atoms. The van der Waals surface area contributed by atoms with Crippen molar-refractivity contribution in [3.8, 4) is 0 Å². The molecule has 1 fully saturated rings. The van der Waals surface area contributed by atoms with E-state index in [0.717, 1.165) is 24.3 Å². The SMILES string of the molecule is CC(=O)c1ccc(C2=NOC(c3cc(Cl)cc(Cl)c3)(C(C)(F)F)C2)cc1C.CC1CC(C)C1. The minimum Gasteiger partial charge on any atom is -0.377 e. The van der Waals surface area contributed by atoms with Crippen molar-refractivity contribution in [2.45, 2.75) is 65.4 Å². The molecule has 2 aromatic rings. The monoisotopic (exact) mass is 495 g/mol. The first-order valence-corrected chi connectivity index (χ1v) is 11.8. The van der Waals surface area contributed by atoms with Gasteiger partial charge < -0.3 is 4.84 Å². The van der Waals surface area contributed by atoms with Gasteiger partial charge in [-0.05, 0) is 73.9 Å². The summed E-state index contributed by atoms with van der Waals surface area (Å²) < 4.78 is 29.3. The predicted molar refractivity (Wildman–Crippen MR) is 130 cm³/mol. The highest BCUT2D eigenvalue weighted by Crippen LogP contribution is 2.48. The molecule has 0 amide bonds. The number of rotatable bonds is 4. The van der Waals surface area contributed by atoms with Crippen LogP contribution in [-0.2, 0) is 10.4 Å². The number of nitrogens with zero attached hydrogens (tertiary/aromatic N) is 1. The van der Waals surface area contributed by atoms with E-state index in [1.165, 1.54) is 38.0 Å². The van der Waals surface area contributed by atoms with Crippen molar-refractivity contribution in [3.05, 3.63) is 68.7 Å². The van der Waals surface area contributed by atoms with Gasteiger partial charge in [-0.15, -0.1) is 0 Å². The summed E-state index contributed by atoms with van der Waals surface area (Å²) in [6, 6.07) is 9.37. The second kappa shape index (κ2) is 9.71. The Balaban J connectivity index is 0.000000442. The van der Waals surface area contributed by atoms with Crippen molar-refractivity contribution in [2.75, 3.05) is 0 Å². The number of benzene rings is 2. The van der Waals surface area contributed by atoms with Gasteiger partial charge in [-0.3, -0.25) is 4.79 Å². The molecule has 4 rings (SSSR count). The lowest BCUT2D eigenvalue weighted by atomic mass is 9.78. The van der Waals surface area contributed by atoms with E-state index in [0.29, 0.717) is 16.8 Å². The zero-order chi connectivity index (χ0) is 24.6. The summed E-state index contributed by atoms with van der Waals surface area (Å²) in [5.41, 5.74) is 0.455. The van der Waals surface area contributed by atoms with Gasteiger partial charge in [0.2, 0.25) is 5.60 Å². The smallest absolute Gasteiger partial charge is 0.291 e. The van der Waals surface area contributed by atoms with Crippen molar-refractivity contribution in [1.29, 1.82) is 0 Å². The van der Waals surface area contributed by atoms with Crippen molar-refractivity contribution in [3.63, 3.8) is 0 Å². The maximum atomic E-state index is 14.6. The van der Waals surface area contributed by atoms with E-state index >= 15 is 0 Å². The number of hydrogen-bond acceptors (Lipinski definition) is 3. The molecule has 3 nitrogen and oxygen atoms in total. The van der Waals surface area contributed by atoms with Crippen LogP contribution in [0, 0.1) is 18.8 Å². The molecule has 1 aliphatic carbocycles. The number of aryl methyl sites for hydroxylation is 1. The first-order chi connectivity index (χ1) is 15.3. The van der Waals surface area contributed by atoms with Crippen LogP contribution >= 0.6 is 23.2 Å². The van der Waals surface area contributed by atoms with Gasteiger partial charge >= 0.3 is 0 Å². The van der Waals surface area contributed by atoms with Crippen molar-refractivity contribution in [1.82, 2.24) is 0 Å². The second-order valence-corrected chi connectivity index (χ2v) is 10.3. The number of halogens is 4. The minimum absolute atomic E-state index is 0.0633. The van der Waals surface area contributed by atoms with E-state index < -0.39 is 11.5 Å². The molecule has 0 aromatic heterocycles. The van der Waals surface area contributed by atoms with Crippen LogP contribution in [0.3, 0.4) is 0 Å². The highest BCUT2D eigenvalue weighted by molar-refractivity contribution is 6.34. The van der Waals surface area contributed by atoms with E-state index in [1.54, 1.807) is 25.1 Å². The molecule has 33 heavy (non-hydrogen) atoms. The fourth-order valence-electron chi connectivity index (χ4n) is 4.56. The summed E-state index contributed by atoms with van der Waals surface area (Å²) in [6.07, 6.45) is 2.78. The number of Topliss-reactive ketones (excluding diaryl/α,β-unsaturated/α-hetero) is 1. The number of ketones is 1. The summed E-state index contributed by atoms with van der Waals surface area (Å²) in [6.45, 7) is 8.68. The highest BCUT2D eigenvalue weighted by Gasteiger charge is 2.58. The molecule has 2 aromatic carbocycles. The summed E-state index contributed by atoms with van der Waals surface area (Å²) >= 11 is 12.0. The summed E-state index contributed by atoms with van der Waals surface area (Å²) in [7, 11) is 0. The number of alkyl halides is 2. The largest absolute Gasteiger partial charge is 0.377 e. The lowest BCUT2D eigenvalue weighted by Crippen LogP contribution is -2.43. The molecule has 0 saturated heterocycles. The van der Waals surface area contributed by atoms with Crippen molar-refractivity contribution in [2.24, 2.45) is 17.0 Å². The van der Waals surface area contributed by atoms with Crippen LogP contribution in [0.4, 0.5) is 8.78 Å². The number of oxime groups is 1. The summed E-state index contributed by atoms with van der Waals surface area (Å²) in [5, 5.41) is 4.41. The van der Waals surface area contributed by atoms with Gasteiger partial charge in [0.15, 0.2) is 5.78 Å². The maximum Gasteiger partial charge on any atom is 0.291 e. The molecule has 1 unspecified atom stereocenters. The summed E-state index contributed by atoms with van der Waals surface area (Å²) in [4.78, 5) is 16.9. The number of hydrogen-bond donors (Lipinski definition) is 0. The van der Waals surface area contributed by atoms with Crippen LogP contribution in [-0.4, -0.2) is 17.4 Å². The maximum absolute atomic E-state index is 14.6. The molecule has 0 spiro atoms. The third kappa shape index (κ3) is 5.58. The Morgan fingerprint density at radius 3 is 2.09 bits per heavy atom. The van der Waals surface area contributed by atoms with E-state index in [-0.39, 0.29) is 27.8 Å². The highest BCUT2D eigenvalue weighted by atomic mass is 35.5. The van der Waals surface area contributed by atoms with Crippen molar-refractivity contribution >= 4 is 34.7 Å². The zero-order valence-corrected chi connectivity index (χ0v) is 21.0. The molecule has 1 atom stereocenters.